The van der Waals surface area contributed by atoms with Crippen LogP contribution >= 0.6 is 0 Å². The van der Waals surface area contributed by atoms with Crippen molar-refractivity contribution in [1.29, 1.82) is 0 Å². The van der Waals surface area contributed by atoms with Crippen LogP contribution in [-0.4, -0.2) is 14.5 Å². The quantitative estimate of drug-likeness (QED) is 0.181. The highest BCUT2D eigenvalue weighted by Crippen LogP contribution is 2.61. The van der Waals surface area contributed by atoms with Gasteiger partial charge in [0, 0.05) is 44.0 Å². The Morgan fingerprint density at radius 1 is 0.474 bits per heavy atom. The maximum absolute atomic E-state index is 5.16. The third-order valence-corrected chi connectivity index (χ3v) is 13.0. The van der Waals surface area contributed by atoms with Gasteiger partial charge in [0.25, 0.3) is 0 Å². The van der Waals surface area contributed by atoms with E-state index < -0.39 is 0 Å². The van der Waals surface area contributed by atoms with Crippen LogP contribution in [0.4, 0.5) is 0 Å². The molecule has 0 amide bonds. The third-order valence-electron chi connectivity index (χ3n) is 13.0. The van der Waals surface area contributed by atoms with Gasteiger partial charge in [0.05, 0.1) is 22.4 Å². The Labute approximate surface area is 331 Å². The zero-order chi connectivity index (χ0) is 37.5. The number of fused-ring (bicyclic) bond motifs is 14. The number of hydrogen-bond donors (Lipinski definition) is 0. The van der Waals surface area contributed by atoms with E-state index in [1.807, 2.05) is 12.1 Å². The first-order valence-corrected chi connectivity index (χ1v) is 20.4. The van der Waals surface area contributed by atoms with Crippen LogP contribution in [0.1, 0.15) is 43.2 Å². The van der Waals surface area contributed by atoms with Crippen molar-refractivity contribution >= 4 is 43.4 Å². The molecule has 10 aromatic rings. The van der Waals surface area contributed by atoms with E-state index in [1.54, 1.807) is 5.56 Å². The Morgan fingerprint density at radius 3 is 1.81 bits per heavy atom. The molecular formula is C54H39N3. The van der Waals surface area contributed by atoms with Crippen molar-refractivity contribution in [3.63, 3.8) is 0 Å². The topological polar surface area (TPSA) is 30.7 Å². The summed E-state index contributed by atoms with van der Waals surface area (Å²) in [6.07, 6.45) is 6.18. The van der Waals surface area contributed by atoms with Crippen molar-refractivity contribution in [2.24, 2.45) is 0 Å². The molecule has 1 fully saturated rings. The molecule has 2 aliphatic carbocycles. The molecule has 2 heterocycles. The summed E-state index contributed by atoms with van der Waals surface area (Å²) in [5.74, 6) is 0.718. The Morgan fingerprint density at radius 2 is 1.09 bits per heavy atom. The molecule has 0 radical (unpaired) electrons. The normalized spacial score (nSPS) is 14.5. The fraction of sp³-hybridized carbons (Fsp3) is 0.111. The summed E-state index contributed by atoms with van der Waals surface area (Å²) in [4.78, 5) is 10.3. The molecule has 0 N–H and O–H groups in total. The van der Waals surface area contributed by atoms with Crippen molar-refractivity contribution in [1.82, 2.24) is 14.5 Å². The predicted octanol–water partition coefficient (Wildman–Crippen LogP) is 14.1. The lowest BCUT2D eigenvalue weighted by Gasteiger charge is -2.36. The average molecular weight is 730 g/mol. The lowest BCUT2D eigenvalue weighted by Crippen LogP contribution is -2.28. The molecule has 270 valence electrons. The Kier molecular flexibility index (Phi) is 7.16. The lowest BCUT2D eigenvalue weighted by atomic mass is 9.66. The first kappa shape index (κ1) is 32.4. The van der Waals surface area contributed by atoms with Crippen molar-refractivity contribution in [2.45, 2.75) is 37.5 Å². The molecule has 12 rings (SSSR count). The lowest BCUT2D eigenvalue weighted by molar-refractivity contribution is 0.355. The van der Waals surface area contributed by atoms with Gasteiger partial charge in [-0.25, -0.2) is 9.97 Å². The molecule has 2 aliphatic rings. The van der Waals surface area contributed by atoms with Crippen molar-refractivity contribution in [3.8, 4) is 50.7 Å². The van der Waals surface area contributed by atoms with Crippen LogP contribution in [-0.2, 0) is 5.41 Å². The molecular weight excluding hydrogens is 691 g/mol. The van der Waals surface area contributed by atoms with Gasteiger partial charge >= 0.3 is 0 Å². The van der Waals surface area contributed by atoms with Gasteiger partial charge in [-0.1, -0.05) is 159 Å². The van der Waals surface area contributed by atoms with Crippen LogP contribution in [0.2, 0.25) is 0 Å². The van der Waals surface area contributed by atoms with E-state index in [-0.39, 0.29) is 5.41 Å². The third kappa shape index (κ3) is 4.79. The molecule has 2 aromatic heterocycles. The van der Waals surface area contributed by atoms with Gasteiger partial charge in [-0.3, -0.25) is 0 Å². The molecule has 57 heavy (non-hydrogen) atoms. The number of benzene rings is 8. The zero-order valence-corrected chi connectivity index (χ0v) is 31.6. The highest BCUT2D eigenvalue weighted by molar-refractivity contribution is 6.30. The molecule has 0 bridgehead atoms. The molecule has 1 spiro atoms. The summed E-state index contributed by atoms with van der Waals surface area (Å²) in [6.45, 7) is 0. The molecule has 0 atom stereocenters. The van der Waals surface area contributed by atoms with Crippen LogP contribution in [0.3, 0.4) is 0 Å². The summed E-state index contributed by atoms with van der Waals surface area (Å²) in [5.41, 5.74) is 14.6. The summed E-state index contributed by atoms with van der Waals surface area (Å²) < 4.78 is 2.56. The van der Waals surface area contributed by atoms with Crippen LogP contribution in [0, 0.1) is 0 Å². The summed E-state index contributed by atoms with van der Waals surface area (Å²) in [6, 6.07) is 64.1. The highest BCUT2D eigenvalue weighted by atomic mass is 15.0. The molecule has 1 saturated carbocycles. The molecule has 0 saturated heterocycles. The van der Waals surface area contributed by atoms with Crippen molar-refractivity contribution < 1.29 is 0 Å². The number of nitrogens with zero attached hydrogens (tertiary/aromatic N) is 3. The highest BCUT2D eigenvalue weighted by Gasteiger charge is 2.46. The molecule has 3 nitrogen and oxygen atoms in total. The largest absolute Gasteiger partial charge is 0.309 e. The van der Waals surface area contributed by atoms with Gasteiger partial charge in [0.15, 0.2) is 5.82 Å². The molecule has 3 heteroatoms. The second-order valence-corrected chi connectivity index (χ2v) is 16.0. The fourth-order valence-corrected chi connectivity index (χ4v) is 10.5. The smallest absolute Gasteiger partial charge is 0.160 e. The predicted molar refractivity (Wildman–Crippen MR) is 237 cm³/mol. The Bertz CT molecular complexity index is 3130. The summed E-state index contributed by atoms with van der Waals surface area (Å²) >= 11 is 0. The van der Waals surface area contributed by atoms with Crippen molar-refractivity contribution in [2.75, 3.05) is 0 Å². The van der Waals surface area contributed by atoms with E-state index in [1.165, 1.54) is 92.1 Å². The first-order valence-electron chi connectivity index (χ1n) is 20.4. The van der Waals surface area contributed by atoms with E-state index in [9.17, 15) is 0 Å². The maximum Gasteiger partial charge on any atom is 0.160 e. The minimum absolute atomic E-state index is 0.00998. The van der Waals surface area contributed by atoms with Crippen LogP contribution in [0.15, 0.2) is 176 Å². The van der Waals surface area contributed by atoms with E-state index >= 15 is 0 Å². The van der Waals surface area contributed by atoms with Crippen LogP contribution in [0.25, 0.3) is 94.1 Å². The number of hydrogen-bond acceptors (Lipinski definition) is 2. The second kappa shape index (κ2) is 12.6. The van der Waals surface area contributed by atoms with E-state index in [4.69, 9.17) is 9.97 Å². The first-order chi connectivity index (χ1) is 28.3. The second-order valence-electron chi connectivity index (χ2n) is 16.0. The van der Waals surface area contributed by atoms with Gasteiger partial charge < -0.3 is 4.57 Å². The van der Waals surface area contributed by atoms with Gasteiger partial charge in [-0.2, -0.15) is 0 Å². The van der Waals surface area contributed by atoms with Gasteiger partial charge in [-0.15, -0.1) is 0 Å². The minimum Gasteiger partial charge on any atom is -0.309 e. The van der Waals surface area contributed by atoms with Gasteiger partial charge in [0.2, 0.25) is 0 Å². The van der Waals surface area contributed by atoms with E-state index in [0.717, 1.165) is 39.6 Å². The van der Waals surface area contributed by atoms with Gasteiger partial charge in [0.1, 0.15) is 0 Å². The Balaban J connectivity index is 1.14. The molecule has 8 aromatic carbocycles. The van der Waals surface area contributed by atoms with Crippen LogP contribution < -0.4 is 0 Å². The Hall–Kier alpha value is -6.84. The van der Waals surface area contributed by atoms with Crippen LogP contribution in [0.5, 0.6) is 0 Å². The van der Waals surface area contributed by atoms with E-state index in [0.29, 0.717) is 0 Å². The summed E-state index contributed by atoms with van der Waals surface area (Å²) in [7, 11) is 0. The van der Waals surface area contributed by atoms with Crippen molar-refractivity contribution in [3.05, 3.63) is 187 Å². The molecule has 0 aliphatic heterocycles. The fourth-order valence-electron chi connectivity index (χ4n) is 10.5. The van der Waals surface area contributed by atoms with Gasteiger partial charge in [-0.05, 0) is 87.7 Å². The molecule has 0 unspecified atom stereocenters. The standard InChI is InChI=1S/C54H39N3/c1-4-17-36(18-5-1)45-34-46(37-19-6-2-7-20-37)56-53(55-45)38-26-29-39(30-27-38)57-47-31-28-35-16-8-9-21-40(35)49(47)50-51-48(41-22-10-11-23-42(41)52(50)57)43-24-12-13-25-44(43)54(51)32-14-3-15-33-54/h1-2,4-13,16-31,34H,3,14-15,32-33H2. The monoisotopic (exact) mass is 729 g/mol. The number of aromatic nitrogens is 3. The maximum atomic E-state index is 5.16. The van der Waals surface area contributed by atoms with E-state index in [2.05, 4.69) is 168 Å². The average Bonchev–Trinajstić information content (AvgIpc) is 3.78. The summed E-state index contributed by atoms with van der Waals surface area (Å²) in [5, 5.41) is 8.01. The SMILES string of the molecule is c1ccc(-c2cc(-c3ccccc3)nc(-c3ccc(-n4c5ccc6ccccc6c5c5c6c(c7ccccc7c54)-c4ccccc4C64CCCCC4)cc3)n2)cc1. The minimum atomic E-state index is -0.00998. The zero-order valence-electron chi connectivity index (χ0n) is 31.6. The number of rotatable bonds is 4.